The molecule has 0 radical (unpaired) electrons. The summed E-state index contributed by atoms with van der Waals surface area (Å²) < 4.78 is 6.26. The summed E-state index contributed by atoms with van der Waals surface area (Å²) in [5.41, 5.74) is 4.44. The number of hydrogen-bond acceptors (Lipinski definition) is 4. The predicted octanol–water partition coefficient (Wildman–Crippen LogP) is 2.97. The fourth-order valence-electron chi connectivity index (χ4n) is 4.06. The highest BCUT2D eigenvalue weighted by molar-refractivity contribution is 5.53. The lowest BCUT2D eigenvalue weighted by molar-refractivity contribution is 0.145. The van der Waals surface area contributed by atoms with Gasteiger partial charge in [0.2, 0.25) is 0 Å². The molecule has 128 valence electrons. The first-order valence-corrected chi connectivity index (χ1v) is 9.09. The van der Waals surface area contributed by atoms with E-state index in [0.717, 1.165) is 42.1 Å². The summed E-state index contributed by atoms with van der Waals surface area (Å²) in [5.74, 6) is 1.69. The topological polar surface area (TPSA) is 53.5 Å². The molecule has 1 atom stereocenters. The minimum atomic E-state index is 0.0665. The molecule has 4 heteroatoms. The normalized spacial score (nSPS) is 25.7. The molecular formula is C19H30N2O2. The molecule has 1 fully saturated rings. The van der Waals surface area contributed by atoms with Gasteiger partial charge < -0.3 is 20.5 Å². The summed E-state index contributed by atoms with van der Waals surface area (Å²) in [6.45, 7) is 2.99. The van der Waals surface area contributed by atoms with Gasteiger partial charge in [0.25, 0.3) is 0 Å². The first-order chi connectivity index (χ1) is 11.2. The highest BCUT2D eigenvalue weighted by atomic mass is 16.5. The first-order valence-electron chi connectivity index (χ1n) is 9.09. The second-order valence-electron chi connectivity index (χ2n) is 6.95. The number of nitrogens with one attached hydrogen (secondary N) is 2. The Morgan fingerprint density at radius 3 is 2.78 bits per heavy atom. The number of allylic oxidation sites excluding steroid dienone is 2. The molecule has 0 bridgehead atoms. The third kappa shape index (κ3) is 3.42. The number of aliphatic hydroxyl groups is 1. The highest BCUT2D eigenvalue weighted by Crippen LogP contribution is 2.35. The van der Waals surface area contributed by atoms with Gasteiger partial charge in [0.05, 0.1) is 24.5 Å². The van der Waals surface area contributed by atoms with Crippen molar-refractivity contribution in [1.29, 1.82) is 0 Å². The Labute approximate surface area is 139 Å². The van der Waals surface area contributed by atoms with Crippen LogP contribution in [-0.4, -0.2) is 31.4 Å². The molecule has 1 heterocycles. The molecule has 0 amide bonds. The van der Waals surface area contributed by atoms with Crippen molar-refractivity contribution >= 4 is 0 Å². The molecule has 1 aliphatic heterocycles. The van der Waals surface area contributed by atoms with Crippen molar-refractivity contribution in [3.05, 3.63) is 34.4 Å². The van der Waals surface area contributed by atoms with Crippen molar-refractivity contribution in [2.24, 2.45) is 5.92 Å². The van der Waals surface area contributed by atoms with E-state index in [1.165, 1.54) is 37.8 Å². The van der Waals surface area contributed by atoms with E-state index in [1.807, 2.05) is 7.05 Å². The zero-order valence-electron chi connectivity index (χ0n) is 14.5. The van der Waals surface area contributed by atoms with Crippen LogP contribution in [0.25, 0.3) is 0 Å². The maximum absolute atomic E-state index is 9.75. The van der Waals surface area contributed by atoms with Gasteiger partial charge in [-0.25, -0.2) is 0 Å². The van der Waals surface area contributed by atoms with Gasteiger partial charge in [-0.1, -0.05) is 19.3 Å². The minimum absolute atomic E-state index is 0.0665. The average molecular weight is 318 g/mol. The molecule has 0 saturated heterocycles. The van der Waals surface area contributed by atoms with E-state index in [0.29, 0.717) is 5.92 Å². The van der Waals surface area contributed by atoms with Gasteiger partial charge in [-0.15, -0.1) is 0 Å². The van der Waals surface area contributed by atoms with Crippen LogP contribution >= 0.6 is 0 Å². The second-order valence-corrected chi connectivity index (χ2v) is 6.95. The van der Waals surface area contributed by atoms with Crippen molar-refractivity contribution in [2.75, 3.05) is 20.3 Å². The summed E-state index contributed by atoms with van der Waals surface area (Å²) in [4.78, 5) is 0. The van der Waals surface area contributed by atoms with Crippen molar-refractivity contribution in [3.8, 4) is 0 Å². The number of dihydropyridines is 1. The van der Waals surface area contributed by atoms with Crippen LogP contribution in [0.2, 0.25) is 0 Å². The summed E-state index contributed by atoms with van der Waals surface area (Å²) in [7, 11) is 1.93. The maximum Gasteiger partial charge on any atom is 0.126 e. The summed E-state index contributed by atoms with van der Waals surface area (Å²) in [6, 6.07) is 0.166. The summed E-state index contributed by atoms with van der Waals surface area (Å²) in [5, 5.41) is 16.6. The first kappa shape index (κ1) is 16.4. The van der Waals surface area contributed by atoms with Gasteiger partial charge in [-0.3, -0.25) is 0 Å². The largest absolute Gasteiger partial charge is 0.493 e. The Bertz CT molecular complexity index is 527. The molecule has 3 rings (SSSR count). The van der Waals surface area contributed by atoms with Gasteiger partial charge in [0.15, 0.2) is 0 Å². The lowest BCUT2D eigenvalue weighted by Crippen LogP contribution is -2.38. The van der Waals surface area contributed by atoms with Crippen molar-refractivity contribution < 1.29 is 9.84 Å². The van der Waals surface area contributed by atoms with Crippen LogP contribution in [0.4, 0.5) is 0 Å². The van der Waals surface area contributed by atoms with Crippen molar-refractivity contribution in [1.82, 2.24) is 10.6 Å². The third-order valence-electron chi connectivity index (χ3n) is 5.38. The molecule has 2 aliphatic carbocycles. The van der Waals surface area contributed by atoms with Crippen LogP contribution in [0.15, 0.2) is 34.4 Å². The monoisotopic (exact) mass is 318 g/mol. The van der Waals surface area contributed by atoms with E-state index in [4.69, 9.17) is 4.74 Å². The van der Waals surface area contributed by atoms with Crippen LogP contribution in [0.3, 0.4) is 0 Å². The lowest BCUT2D eigenvalue weighted by atomic mass is 9.88. The zero-order valence-corrected chi connectivity index (χ0v) is 14.5. The molecule has 1 saturated carbocycles. The Morgan fingerprint density at radius 2 is 2.09 bits per heavy atom. The van der Waals surface area contributed by atoms with E-state index in [-0.39, 0.29) is 12.6 Å². The predicted molar refractivity (Wildman–Crippen MR) is 92.6 cm³/mol. The maximum atomic E-state index is 9.75. The molecule has 0 aromatic rings. The Hall–Kier alpha value is -1.42. The molecule has 23 heavy (non-hydrogen) atoms. The number of likely N-dealkylation sites (N-methyl/N-ethyl adjacent to an activating group) is 1. The summed E-state index contributed by atoms with van der Waals surface area (Å²) >= 11 is 0. The van der Waals surface area contributed by atoms with Gasteiger partial charge in [-0.05, 0) is 44.6 Å². The molecule has 0 aromatic heterocycles. The number of aliphatic hydroxyl groups excluding tert-OH is 1. The van der Waals surface area contributed by atoms with Crippen LogP contribution in [0, 0.1) is 5.92 Å². The van der Waals surface area contributed by atoms with E-state index >= 15 is 0 Å². The average Bonchev–Trinajstić information content (AvgIpc) is 2.59. The quantitative estimate of drug-likeness (QED) is 0.729. The minimum Gasteiger partial charge on any atom is -0.493 e. The van der Waals surface area contributed by atoms with Gasteiger partial charge in [0.1, 0.15) is 5.76 Å². The molecule has 1 unspecified atom stereocenters. The summed E-state index contributed by atoms with van der Waals surface area (Å²) in [6.07, 6.45) is 10.9. The molecule has 0 spiro atoms. The number of ether oxygens (including phenoxy) is 1. The van der Waals surface area contributed by atoms with Crippen LogP contribution in [0.5, 0.6) is 0 Å². The van der Waals surface area contributed by atoms with Gasteiger partial charge in [-0.2, -0.15) is 0 Å². The lowest BCUT2D eigenvalue weighted by Gasteiger charge is -2.35. The Morgan fingerprint density at radius 1 is 1.30 bits per heavy atom. The molecule has 3 N–H and O–H groups in total. The van der Waals surface area contributed by atoms with E-state index in [9.17, 15) is 5.11 Å². The molecule has 0 aromatic carbocycles. The van der Waals surface area contributed by atoms with E-state index < -0.39 is 0 Å². The van der Waals surface area contributed by atoms with E-state index in [1.54, 1.807) is 0 Å². The van der Waals surface area contributed by atoms with Crippen molar-refractivity contribution in [2.45, 2.75) is 57.9 Å². The fourth-order valence-corrected chi connectivity index (χ4v) is 4.06. The number of rotatable bonds is 5. The van der Waals surface area contributed by atoms with Gasteiger partial charge in [0, 0.05) is 24.4 Å². The van der Waals surface area contributed by atoms with Crippen LogP contribution < -0.4 is 10.6 Å². The molecular weight excluding hydrogens is 288 g/mol. The zero-order chi connectivity index (χ0) is 16.2. The number of hydrogen-bond donors (Lipinski definition) is 3. The van der Waals surface area contributed by atoms with E-state index in [2.05, 4.69) is 23.6 Å². The van der Waals surface area contributed by atoms with Crippen molar-refractivity contribution in [3.63, 3.8) is 0 Å². The smallest absolute Gasteiger partial charge is 0.126 e. The highest BCUT2D eigenvalue weighted by Gasteiger charge is 2.30. The Balaban J connectivity index is 1.78. The Kier molecular flexibility index (Phi) is 5.31. The third-order valence-corrected chi connectivity index (χ3v) is 5.38. The standard InChI is InChI=1S/C19H30N2O2/c1-13-15(11-22)19(20-2)18-16(21-13)9-6-10-17(18)23-12-14-7-4-3-5-8-14/h10,13-14,20-22H,3-9,11-12H2,1-2H3. The van der Waals surface area contributed by atoms with Gasteiger partial charge >= 0.3 is 0 Å². The fraction of sp³-hybridized carbons (Fsp3) is 0.684. The second kappa shape index (κ2) is 7.43. The van der Waals surface area contributed by atoms with Crippen LogP contribution in [0.1, 0.15) is 51.9 Å². The molecule has 4 nitrogen and oxygen atoms in total. The molecule has 3 aliphatic rings. The SMILES string of the molecule is CNC1=C(CO)C(C)NC2=C1C(OCC1CCCCC1)=CCC2. The van der Waals surface area contributed by atoms with Crippen LogP contribution in [-0.2, 0) is 4.74 Å².